The summed E-state index contributed by atoms with van der Waals surface area (Å²) >= 11 is 0. The number of esters is 1. The van der Waals surface area contributed by atoms with E-state index in [1.54, 1.807) is 11.0 Å². The molecule has 4 atom stereocenters. The van der Waals surface area contributed by atoms with Crippen LogP contribution in [0, 0.1) is 0 Å². The molecule has 0 N–H and O–H groups in total. The number of nitrogens with zero attached hydrogens (tertiary/aromatic N) is 1. The van der Waals surface area contributed by atoms with Gasteiger partial charge in [-0.25, -0.2) is 0 Å². The zero-order valence-corrected chi connectivity index (χ0v) is 17.8. The molecule has 2 aromatic rings. The first-order chi connectivity index (χ1) is 14.9. The van der Waals surface area contributed by atoms with Crippen molar-refractivity contribution in [3.05, 3.63) is 83.4 Å². The van der Waals surface area contributed by atoms with Crippen LogP contribution in [0.4, 0.5) is 0 Å². The molecule has 0 spiro atoms. The predicted molar refractivity (Wildman–Crippen MR) is 113 cm³/mol. The van der Waals surface area contributed by atoms with Crippen molar-refractivity contribution >= 4 is 11.9 Å². The Balaban J connectivity index is 1.74. The maximum Gasteiger partial charge on any atom is 0.322 e. The maximum atomic E-state index is 13.7. The van der Waals surface area contributed by atoms with Crippen LogP contribution in [0.3, 0.4) is 0 Å². The molecule has 3 aliphatic rings. The van der Waals surface area contributed by atoms with E-state index in [4.69, 9.17) is 14.2 Å². The summed E-state index contributed by atoms with van der Waals surface area (Å²) < 4.78 is 17.7. The van der Waals surface area contributed by atoms with Gasteiger partial charge in [0.1, 0.15) is 17.6 Å². The van der Waals surface area contributed by atoms with Crippen LogP contribution in [0.15, 0.2) is 66.7 Å². The molecule has 1 aliphatic carbocycles. The van der Waals surface area contributed by atoms with Gasteiger partial charge in [-0.1, -0.05) is 60.7 Å². The van der Waals surface area contributed by atoms with Crippen LogP contribution in [0.1, 0.15) is 35.3 Å². The van der Waals surface area contributed by atoms with Crippen molar-refractivity contribution in [2.45, 2.75) is 49.8 Å². The third kappa shape index (κ3) is 2.93. The highest BCUT2D eigenvalue weighted by atomic mass is 16.8. The van der Waals surface area contributed by atoms with Crippen LogP contribution >= 0.6 is 0 Å². The van der Waals surface area contributed by atoms with Crippen LogP contribution in [-0.4, -0.2) is 47.9 Å². The van der Waals surface area contributed by atoms with Crippen LogP contribution in [-0.2, 0) is 31.0 Å². The number of amides is 1. The summed E-state index contributed by atoms with van der Waals surface area (Å²) in [5.41, 5.74) is 0.933. The number of benzene rings is 2. The van der Waals surface area contributed by atoms with Gasteiger partial charge in [-0.15, -0.1) is 0 Å². The molecule has 31 heavy (non-hydrogen) atoms. The van der Waals surface area contributed by atoms with Gasteiger partial charge in [-0.3, -0.25) is 9.59 Å². The number of hydrogen-bond acceptors (Lipinski definition) is 5. The summed E-state index contributed by atoms with van der Waals surface area (Å²) in [6.07, 6.45) is 2.84. The van der Waals surface area contributed by atoms with Gasteiger partial charge in [-0.2, -0.15) is 0 Å². The molecular formula is C25H25NO5. The van der Waals surface area contributed by atoms with E-state index in [9.17, 15) is 9.59 Å². The molecule has 0 bridgehead atoms. The zero-order valence-electron chi connectivity index (χ0n) is 17.8. The van der Waals surface area contributed by atoms with E-state index in [-0.39, 0.29) is 12.0 Å². The molecular weight excluding hydrogens is 394 g/mol. The zero-order chi connectivity index (χ0) is 21.8. The van der Waals surface area contributed by atoms with Gasteiger partial charge in [0.15, 0.2) is 5.79 Å². The number of rotatable bonds is 3. The minimum atomic E-state index is -1.18. The Kier molecular flexibility index (Phi) is 4.53. The molecule has 1 saturated heterocycles. The highest BCUT2D eigenvalue weighted by Gasteiger charge is 2.63. The molecule has 0 unspecified atom stereocenters. The maximum absolute atomic E-state index is 13.7. The summed E-state index contributed by atoms with van der Waals surface area (Å²) in [5.74, 6) is -1.38. The average Bonchev–Trinajstić information content (AvgIpc) is 3.10. The molecule has 160 valence electrons. The highest BCUT2D eigenvalue weighted by molar-refractivity contribution is 6.03. The Morgan fingerprint density at radius 2 is 1.77 bits per heavy atom. The molecule has 6 heteroatoms. The molecule has 2 heterocycles. The van der Waals surface area contributed by atoms with Crippen molar-refractivity contribution in [2.24, 2.45) is 0 Å². The highest BCUT2D eigenvalue weighted by Crippen LogP contribution is 2.49. The van der Waals surface area contributed by atoms with Crippen molar-refractivity contribution in [2.75, 3.05) is 7.11 Å². The van der Waals surface area contributed by atoms with E-state index in [1.165, 1.54) is 7.11 Å². The second kappa shape index (κ2) is 7.04. The molecule has 0 radical (unpaired) electrons. The third-order valence-electron chi connectivity index (χ3n) is 6.41. The Morgan fingerprint density at radius 1 is 1.06 bits per heavy atom. The van der Waals surface area contributed by atoms with Gasteiger partial charge in [0.25, 0.3) is 5.91 Å². The minimum Gasteiger partial charge on any atom is -0.468 e. The Hall–Kier alpha value is -2.96. The van der Waals surface area contributed by atoms with E-state index >= 15 is 0 Å². The van der Waals surface area contributed by atoms with Crippen molar-refractivity contribution < 1.29 is 23.8 Å². The second-order valence-electron chi connectivity index (χ2n) is 8.69. The van der Waals surface area contributed by atoms with E-state index in [0.29, 0.717) is 17.7 Å². The van der Waals surface area contributed by atoms with Gasteiger partial charge in [-0.05, 0) is 31.0 Å². The first-order valence-electron chi connectivity index (χ1n) is 10.5. The largest absolute Gasteiger partial charge is 0.468 e. The van der Waals surface area contributed by atoms with E-state index in [0.717, 1.165) is 5.56 Å². The first kappa shape index (κ1) is 20.0. The smallest absolute Gasteiger partial charge is 0.322 e. The Morgan fingerprint density at radius 3 is 2.52 bits per heavy atom. The molecule has 5 rings (SSSR count). The Labute approximate surface area is 181 Å². The fourth-order valence-corrected chi connectivity index (χ4v) is 5.22. The fraction of sp³-hybridized carbons (Fsp3) is 0.360. The molecule has 0 aromatic heterocycles. The second-order valence-corrected chi connectivity index (χ2v) is 8.69. The van der Waals surface area contributed by atoms with Gasteiger partial charge in [0, 0.05) is 12.1 Å². The van der Waals surface area contributed by atoms with Gasteiger partial charge >= 0.3 is 5.97 Å². The predicted octanol–water partition coefficient (Wildman–Crippen LogP) is 3.21. The topological polar surface area (TPSA) is 65.1 Å². The van der Waals surface area contributed by atoms with Gasteiger partial charge in [0.05, 0.1) is 13.2 Å². The summed E-state index contributed by atoms with van der Waals surface area (Å²) in [5, 5.41) is 0. The van der Waals surface area contributed by atoms with Gasteiger partial charge in [0.2, 0.25) is 0 Å². The van der Waals surface area contributed by atoms with E-state index in [2.05, 4.69) is 0 Å². The van der Waals surface area contributed by atoms with Crippen LogP contribution in [0.2, 0.25) is 0 Å². The summed E-state index contributed by atoms with van der Waals surface area (Å²) in [6, 6.07) is 16.4. The lowest BCUT2D eigenvalue weighted by Gasteiger charge is -2.51. The van der Waals surface area contributed by atoms with Crippen molar-refractivity contribution in [1.82, 2.24) is 4.90 Å². The van der Waals surface area contributed by atoms with Crippen LogP contribution < -0.4 is 0 Å². The summed E-state index contributed by atoms with van der Waals surface area (Å²) in [7, 11) is 1.38. The van der Waals surface area contributed by atoms with Crippen molar-refractivity contribution in [3.63, 3.8) is 0 Å². The SMILES string of the molecule is COC(=O)[C@]12C=C[C@H]3OC(C)(C)O[C@H]3[C@@H]1N(Cc1ccccc1)C(=O)c1ccccc12. The van der Waals surface area contributed by atoms with Crippen molar-refractivity contribution in [3.8, 4) is 0 Å². The van der Waals surface area contributed by atoms with Gasteiger partial charge < -0.3 is 19.1 Å². The minimum absolute atomic E-state index is 0.133. The molecule has 2 aliphatic heterocycles. The number of fused-ring (bicyclic) bond motifs is 5. The Bertz CT molecular complexity index is 1060. The summed E-state index contributed by atoms with van der Waals surface area (Å²) in [4.78, 5) is 28.9. The van der Waals surface area contributed by atoms with Crippen molar-refractivity contribution in [1.29, 1.82) is 0 Å². The first-order valence-corrected chi connectivity index (χ1v) is 10.5. The molecule has 0 saturated carbocycles. The van der Waals surface area contributed by atoms with Crippen LogP contribution in [0.25, 0.3) is 0 Å². The van der Waals surface area contributed by atoms with E-state index < -0.39 is 29.3 Å². The molecule has 1 amide bonds. The number of carbonyl (C=O) groups is 2. The summed E-state index contributed by atoms with van der Waals surface area (Å²) in [6.45, 7) is 4.04. The lowest BCUT2D eigenvalue weighted by molar-refractivity contribution is -0.161. The monoisotopic (exact) mass is 419 g/mol. The number of methoxy groups -OCH3 is 1. The lowest BCUT2D eigenvalue weighted by atomic mass is 9.63. The standard InChI is InChI=1S/C25H25NO5/c1-24(2)30-19-13-14-25(23(28)29-3)18-12-8-7-11-17(18)22(27)26(21(25)20(19)31-24)15-16-9-5-4-6-10-16/h4-14,19-21H,15H2,1-3H3/t19-,20-,21+,25+/m1/s1. The molecule has 2 aromatic carbocycles. The molecule has 6 nitrogen and oxygen atoms in total. The fourth-order valence-electron chi connectivity index (χ4n) is 5.22. The molecule has 1 fully saturated rings. The van der Waals surface area contributed by atoms with Crippen LogP contribution in [0.5, 0.6) is 0 Å². The lowest BCUT2D eigenvalue weighted by Crippen LogP contribution is -2.67. The quantitative estimate of drug-likeness (QED) is 0.565. The number of ether oxygens (including phenoxy) is 3. The third-order valence-corrected chi connectivity index (χ3v) is 6.41. The van der Waals surface area contributed by atoms with E-state index in [1.807, 2.05) is 74.5 Å². The average molecular weight is 419 g/mol. The normalized spacial score (nSPS) is 30.4. The number of hydrogen-bond donors (Lipinski definition) is 0. The number of carbonyl (C=O) groups excluding carboxylic acids is 2.